The molecule has 0 aliphatic carbocycles. The van der Waals surface area contributed by atoms with Crippen LogP contribution in [0.1, 0.15) is 0 Å². The molecule has 2 rings (SSSR count). The molecule has 1 aromatic heterocycles. The van der Waals surface area contributed by atoms with Crippen molar-refractivity contribution >= 4 is 43.0 Å². The van der Waals surface area contributed by atoms with Crippen LogP contribution in [0.25, 0.3) is 0 Å². The Morgan fingerprint density at radius 1 is 1.22 bits per heavy atom. The predicted molar refractivity (Wildman–Crippen MR) is 69.2 cm³/mol. The van der Waals surface area contributed by atoms with Crippen LogP contribution < -0.4 is 4.72 Å². The Hall–Kier alpha value is -0.990. The standard InChI is InChI=1S/C10H6BrF2NO2S2/c11-6-4-8(13)9(5-7(6)12)14-18(15,16)10-2-1-3-17-10/h1-5,14H. The van der Waals surface area contributed by atoms with Crippen LogP contribution >= 0.6 is 27.3 Å². The largest absolute Gasteiger partial charge is 0.276 e. The van der Waals surface area contributed by atoms with Gasteiger partial charge in [-0.1, -0.05) is 6.07 Å². The molecule has 0 bridgehead atoms. The van der Waals surface area contributed by atoms with Crippen molar-refractivity contribution in [1.29, 1.82) is 0 Å². The maximum atomic E-state index is 13.5. The number of sulfonamides is 1. The quantitative estimate of drug-likeness (QED) is 0.857. The van der Waals surface area contributed by atoms with E-state index in [-0.39, 0.29) is 8.68 Å². The Balaban J connectivity index is 2.39. The molecule has 0 fully saturated rings. The molecule has 96 valence electrons. The predicted octanol–water partition coefficient (Wildman–Crippen LogP) is 3.59. The van der Waals surface area contributed by atoms with Crippen LogP contribution in [0, 0.1) is 11.6 Å². The zero-order valence-electron chi connectivity index (χ0n) is 8.65. The van der Waals surface area contributed by atoms with Gasteiger partial charge in [-0.3, -0.25) is 4.72 Å². The average molecular weight is 354 g/mol. The molecule has 0 aliphatic heterocycles. The van der Waals surface area contributed by atoms with E-state index in [1.807, 2.05) is 4.72 Å². The minimum atomic E-state index is -3.88. The summed E-state index contributed by atoms with van der Waals surface area (Å²) < 4.78 is 52.3. The summed E-state index contributed by atoms with van der Waals surface area (Å²) in [6.07, 6.45) is 0. The molecule has 0 saturated carbocycles. The van der Waals surface area contributed by atoms with Crippen LogP contribution in [0.2, 0.25) is 0 Å². The molecule has 1 N–H and O–H groups in total. The van der Waals surface area contributed by atoms with Crippen LogP contribution in [0.15, 0.2) is 38.3 Å². The highest BCUT2D eigenvalue weighted by molar-refractivity contribution is 9.10. The van der Waals surface area contributed by atoms with Gasteiger partial charge in [0.25, 0.3) is 10.0 Å². The molecule has 1 aromatic carbocycles. The highest BCUT2D eigenvalue weighted by Gasteiger charge is 2.18. The molecule has 0 aliphatic rings. The van der Waals surface area contributed by atoms with E-state index in [0.717, 1.165) is 23.5 Å². The van der Waals surface area contributed by atoms with E-state index < -0.39 is 27.3 Å². The molecule has 0 atom stereocenters. The van der Waals surface area contributed by atoms with Gasteiger partial charge in [0.15, 0.2) is 0 Å². The lowest BCUT2D eigenvalue weighted by molar-refractivity contribution is 0.592. The second kappa shape index (κ2) is 4.94. The van der Waals surface area contributed by atoms with Crippen molar-refractivity contribution in [2.45, 2.75) is 4.21 Å². The fourth-order valence-corrected chi connectivity index (χ4v) is 3.58. The molecular weight excluding hydrogens is 348 g/mol. The van der Waals surface area contributed by atoms with Gasteiger partial charge >= 0.3 is 0 Å². The number of rotatable bonds is 3. The van der Waals surface area contributed by atoms with E-state index in [0.29, 0.717) is 0 Å². The summed E-state index contributed by atoms with van der Waals surface area (Å²) >= 11 is 3.79. The summed E-state index contributed by atoms with van der Waals surface area (Å²) in [5.41, 5.74) is -0.427. The number of hydrogen-bond acceptors (Lipinski definition) is 3. The van der Waals surface area contributed by atoms with Gasteiger partial charge in [0.2, 0.25) is 0 Å². The van der Waals surface area contributed by atoms with E-state index in [1.54, 1.807) is 11.4 Å². The van der Waals surface area contributed by atoms with E-state index in [9.17, 15) is 17.2 Å². The monoisotopic (exact) mass is 353 g/mol. The van der Waals surface area contributed by atoms with Gasteiger partial charge in [0.1, 0.15) is 15.8 Å². The first-order chi connectivity index (χ1) is 8.40. The molecule has 1 heterocycles. The van der Waals surface area contributed by atoms with Gasteiger partial charge in [-0.25, -0.2) is 17.2 Å². The zero-order chi connectivity index (χ0) is 13.3. The van der Waals surface area contributed by atoms with Gasteiger partial charge in [-0.2, -0.15) is 0 Å². The summed E-state index contributed by atoms with van der Waals surface area (Å²) in [6.45, 7) is 0. The number of nitrogens with one attached hydrogen (secondary N) is 1. The summed E-state index contributed by atoms with van der Waals surface area (Å²) in [7, 11) is -3.88. The lowest BCUT2D eigenvalue weighted by Gasteiger charge is -2.08. The van der Waals surface area contributed by atoms with E-state index >= 15 is 0 Å². The summed E-state index contributed by atoms with van der Waals surface area (Å²) in [5, 5.41) is 1.58. The molecule has 0 unspecified atom stereocenters. The minimum absolute atomic E-state index is 0.0326. The topological polar surface area (TPSA) is 46.2 Å². The van der Waals surface area contributed by atoms with Gasteiger partial charge in [0.05, 0.1) is 10.2 Å². The number of thiophene rings is 1. The normalized spacial score (nSPS) is 11.5. The third-order valence-corrected chi connectivity index (χ3v) is 5.38. The molecule has 0 amide bonds. The SMILES string of the molecule is O=S(=O)(Nc1cc(F)c(Br)cc1F)c1cccs1. The van der Waals surface area contributed by atoms with Crippen LogP contribution in [0.3, 0.4) is 0 Å². The van der Waals surface area contributed by atoms with Crippen LogP contribution in [0.4, 0.5) is 14.5 Å². The Kier molecular flexibility index (Phi) is 3.69. The summed E-state index contributed by atoms with van der Waals surface area (Å²) in [5.74, 6) is -1.61. The third kappa shape index (κ3) is 2.70. The van der Waals surface area contributed by atoms with E-state index in [1.165, 1.54) is 6.07 Å². The molecule has 0 saturated heterocycles. The van der Waals surface area contributed by atoms with Crippen LogP contribution in [-0.4, -0.2) is 8.42 Å². The second-order valence-corrected chi connectivity index (χ2v) is 7.00. The fourth-order valence-electron chi connectivity index (χ4n) is 1.21. The maximum absolute atomic E-state index is 13.5. The van der Waals surface area contributed by atoms with Crippen molar-refractivity contribution in [3.8, 4) is 0 Å². The smallest absolute Gasteiger partial charge is 0.271 e. The van der Waals surface area contributed by atoms with Gasteiger partial charge in [-0.15, -0.1) is 11.3 Å². The van der Waals surface area contributed by atoms with Crippen molar-refractivity contribution in [3.05, 3.63) is 45.8 Å². The lowest BCUT2D eigenvalue weighted by atomic mass is 10.3. The first-order valence-electron chi connectivity index (χ1n) is 4.61. The van der Waals surface area contributed by atoms with E-state index in [2.05, 4.69) is 15.9 Å². The Morgan fingerprint density at radius 2 is 1.94 bits per heavy atom. The highest BCUT2D eigenvalue weighted by Crippen LogP contribution is 2.26. The van der Waals surface area contributed by atoms with Crippen molar-refractivity contribution < 1.29 is 17.2 Å². The minimum Gasteiger partial charge on any atom is -0.276 e. The van der Waals surface area contributed by atoms with Crippen molar-refractivity contribution in [2.24, 2.45) is 0 Å². The van der Waals surface area contributed by atoms with E-state index in [4.69, 9.17) is 0 Å². The molecular formula is C10H6BrF2NO2S2. The Morgan fingerprint density at radius 3 is 2.56 bits per heavy atom. The van der Waals surface area contributed by atoms with Gasteiger partial charge in [-0.05, 0) is 33.4 Å². The average Bonchev–Trinajstić information content (AvgIpc) is 2.79. The fraction of sp³-hybridized carbons (Fsp3) is 0. The molecule has 3 nitrogen and oxygen atoms in total. The number of benzene rings is 1. The molecule has 2 aromatic rings. The molecule has 0 spiro atoms. The van der Waals surface area contributed by atoms with Crippen molar-refractivity contribution in [3.63, 3.8) is 0 Å². The molecule has 8 heteroatoms. The van der Waals surface area contributed by atoms with Crippen LogP contribution in [0.5, 0.6) is 0 Å². The highest BCUT2D eigenvalue weighted by atomic mass is 79.9. The van der Waals surface area contributed by atoms with Crippen LogP contribution in [-0.2, 0) is 10.0 Å². The number of hydrogen-bond donors (Lipinski definition) is 1. The lowest BCUT2D eigenvalue weighted by Crippen LogP contribution is -2.12. The molecule has 0 radical (unpaired) electrons. The zero-order valence-corrected chi connectivity index (χ0v) is 11.9. The van der Waals surface area contributed by atoms with Crippen molar-refractivity contribution in [1.82, 2.24) is 0 Å². The first kappa shape index (κ1) is 13.4. The first-order valence-corrected chi connectivity index (χ1v) is 7.76. The Bertz CT molecular complexity index is 671. The third-order valence-electron chi connectivity index (χ3n) is 2.01. The summed E-state index contributed by atoms with van der Waals surface area (Å²) in [6, 6.07) is 4.57. The van der Waals surface area contributed by atoms with Gasteiger partial charge in [0, 0.05) is 6.07 Å². The van der Waals surface area contributed by atoms with Gasteiger partial charge < -0.3 is 0 Å². The molecule has 18 heavy (non-hydrogen) atoms. The number of halogens is 3. The summed E-state index contributed by atoms with van der Waals surface area (Å²) in [4.78, 5) is 0. The second-order valence-electron chi connectivity index (χ2n) is 3.28. The van der Waals surface area contributed by atoms with Crippen molar-refractivity contribution in [2.75, 3.05) is 4.72 Å². The Labute approximate surface area is 115 Å². The maximum Gasteiger partial charge on any atom is 0.271 e. The number of anilines is 1.